The predicted molar refractivity (Wildman–Crippen MR) is 39.3 cm³/mol. The Morgan fingerprint density at radius 3 is 1.89 bits per heavy atom. The molecule has 0 unspecified atom stereocenters. The van der Waals surface area contributed by atoms with Crippen molar-refractivity contribution in [1.82, 2.24) is 4.98 Å². The van der Waals surface area contributed by atoms with E-state index in [0.29, 0.717) is 0 Å². The van der Waals surface area contributed by atoms with Crippen molar-refractivity contribution in [2.75, 3.05) is 20.8 Å². The second-order valence-electron chi connectivity index (χ2n) is 1.88. The molecule has 0 spiro atoms. The Morgan fingerprint density at radius 1 is 1.33 bits per heavy atom. The largest absolute Gasteiger partial charge is 0.421 e. The van der Waals surface area contributed by atoms with Crippen LogP contribution in [0.2, 0.25) is 6.55 Å². The van der Waals surface area contributed by atoms with Crippen molar-refractivity contribution in [2.24, 2.45) is 0 Å². The van der Waals surface area contributed by atoms with E-state index in [0.717, 1.165) is 6.54 Å². The summed E-state index contributed by atoms with van der Waals surface area (Å²) in [5.41, 5.74) is 0. The van der Waals surface area contributed by atoms with E-state index in [9.17, 15) is 0 Å². The third kappa shape index (κ3) is 2.95. The molecule has 0 heterocycles. The topological polar surface area (TPSA) is 30.5 Å². The molecule has 0 radical (unpaired) electrons. The highest BCUT2D eigenvalue weighted by atomic mass is 28.4. The third-order valence-corrected chi connectivity index (χ3v) is 3.83. The van der Waals surface area contributed by atoms with E-state index in [4.69, 9.17) is 8.85 Å². The van der Waals surface area contributed by atoms with Gasteiger partial charge in [-0.3, -0.25) is 4.98 Å². The SMILES string of the molecule is CCN[Si](C)(OC)OC. The lowest BCUT2D eigenvalue weighted by atomic mass is 10.8. The molecule has 0 fully saturated rings. The lowest BCUT2D eigenvalue weighted by Crippen LogP contribution is -2.51. The highest BCUT2D eigenvalue weighted by molar-refractivity contribution is 6.63. The molecule has 0 aliphatic carbocycles. The molecular formula is C5H15NO2Si. The molecule has 0 aromatic heterocycles. The zero-order chi connectivity index (χ0) is 7.33. The lowest BCUT2D eigenvalue weighted by molar-refractivity contribution is 0.237. The van der Waals surface area contributed by atoms with Crippen LogP contribution in [0.25, 0.3) is 0 Å². The monoisotopic (exact) mass is 149 g/mol. The van der Waals surface area contributed by atoms with Crippen LogP contribution in [0.15, 0.2) is 0 Å². The molecule has 9 heavy (non-hydrogen) atoms. The van der Waals surface area contributed by atoms with E-state index in [1.807, 2.05) is 13.5 Å². The van der Waals surface area contributed by atoms with Gasteiger partial charge in [-0.2, -0.15) is 0 Å². The van der Waals surface area contributed by atoms with Crippen LogP contribution in [0, 0.1) is 0 Å². The van der Waals surface area contributed by atoms with Crippen molar-refractivity contribution < 1.29 is 8.85 Å². The van der Waals surface area contributed by atoms with E-state index >= 15 is 0 Å². The minimum atomic E-state index is -1.95. The molecule has 3 nitrogen and oxygen atoms in total. The van der Waals surface area contributed by atoms with E-state index in [2.05, 4.69) is 4.98 Å². The maximum absolute atomic E-state index is 5.13. The van der Waals surface area contributed by atoms with Gasteiger partial charge in [-0.15, -0.1) is 0 Å². The van der Waals surface area contributed by atoms with Crippen molar-refractivity contribution in [3.63, 3.8) is 0 Å². The summed E-state index contributed by atoms with van der Waals surface area (Å²) in [6, 6.07) is 0. The smallest absolute Gasteiger partial charge is 0.386 e. The Kier molecular flexibility index (Phi) is 4.04. The van der Waals surface area contributed by atoms with Gasteiger partial charge in [0.15, 0.2) is 0 Å². The molecule has 0 aromatic carbocycles. The first kappa shape index (κ1) is 9.10. The fourth-order valence-electron chi connectivity index (χ4n) is 0.549. The first-order chi connectivity index (χ1) is 4.18. The van der Waals surface area contributed by atoms with Crippen molar-refractivity contribution in [2.45, 2.75) is 13.5 Å². The molecule has 4 heteroatoms. The molecule has 0 saturated carbocycles. The van der Waals surface area contributed by atoms with E-state index in [1.54, 1.807) is 14.2 Å². The Bertz CT molecular complexity index is 75.4. The second kappa shape index (κ2) is 4.00. The number of hydrogen-bond donors (Lipinski definition) is 1. The van der Waals surface area contributed by atoms with Crippen LogP contribution in [0.4, 0.5) is 0 Å². The van der Waals surface area contributed by atoms with Gasteiger partial charge < -0.3 is 8.85 Å². The molecule has 0 aromatic rings. The van der Waals surface area contributed by atoms with Crippen LogP contribution in [0.1, 0.15) is 6.92 Å². The number of nitrogens with one attached hydrogen (secondary N) is 1. The van der Waals surface area contributed by atoms with Crippen molar-refractivity contribution >= 4 is 8.72 Å². The van der Waals surface area contributed by atoms with Gasteiger partial charge in [-0.1, -0.05) is 6.92 Å². The summed E-state index contributed by atoms with van der Waals surface area (Å²) in [5.74, 6) is 0. The van der Waals surface area contributed by atoms with Crippen LogP contribution < -0.4 is 4.98 Å². The first-order valence-electron chi connectivity index (χ1n) is 3.04. The molecule has 0 aliphatic heterocycles. The molecule has 0 bridgehead atoms. The van der Waals surface area contributed by atoms with Crippen LogP contribution in [0.3, 0.4) is 0 Å². The van der Waals surface area contributed by atoms with Gasteiger partial charge in [0.05, 0.1) is 0 Å². The van der Waals surface area contributed by atoms with Crippen molar-refractivity contribution in [1.29, 1.82) is 0 Å². The summed E-state index contributed by atoms with van der Waals surface area (Å²) < 4.78 is 10.3. The Balaban J connectivity index is 3.62. The minimum Gasteiger partial charge on any atom is -0.386 e. The van der Waals surface area contributed by atoms with Crippen molar-refractivity contribution in [3.8, 4) is 0 Å². The third-order valence-electron chi connectivity index (χ3n) is 1.28. The average Bonchev–Trinajstić information content (AvgIpc) is 1.89. The zero-order valence-electron chi connectivity index (χ0n) is 6.52. The molecule has 56 valence electrons. The lowest BCUT2D eigenvalue weighted by Gasteiger charge is -2.22. The molecular weight excluding hydrogens is 134 g/mol. The molecule has 0 saturated heterocycles. The summed E-state index contributed by atoms with van der Waals surface area (Å²) in [6.07, 6.45) is 0. The molecule has 0 aliphatic rings. The molecule has 0 rings (SSSR count). The van der Waals surface area contributed by atoms with E-state index < -0.39 is 8.72 Å². The second-order valence-corrected chi connectivity index (χ2v) is 4.95. The molecule has 0 amide bonds. The minimum absolute atomic E-state index is 0.893. The first-order valence-corrected chi connectivity index (χ1v) is 5.35. The average molecular weight is 149 g/mol. The Morgan fingerprint density at radius 2 is 1.78 bits per heavy atom. The van der Waals surface area contributed by atoms with Gasteiger partial charge in [0.2, 0.25) is 0 Å². The summed E-state index contributed by atoms with van der Waals surface area (Å²) in [5, 5.41) is 0. The van der Waals surface area contributed by atoms with Gasteiger partial charge in [0.25, 0.3) is 0 Å². The van der Waals surface area contributed by atoms with Gasteiger partial charge in [0, 0.05) is 14.2 Å². The van der Waals surface area contributed by atoms with Gasteiger partial charge in [-0.05, 0) is 13.1 Å². The van der Waals surface area contributed by atoms with Gasteiger partial charge in [-0.25, -0.2) is 0 Å². The van der Waals surface area contributed by atoms with E-state index in [-0.39, 0.29) is 0 Å². The normalized spacial score (nSPS) is 12.0. The summed E-state index contributed by atoms with van der Waals surface area (Å²) in [6.45, 7) is 4.89. The maximum Gasteiger partial charge on any atom is 0.421 e. The Labute approximate surface area is 57.7 Å². The molecule has 0 atom stereocenters. The van der Waals surface area contributed by atoms with Crippen LogP contribution in [-0.4, -0.2) is 29.5 Å². The Hall–Kier alpha value is 0.0969. The van der Waals surface area contributed by atoms with E-state index in [1.165, 1.54) is 0 Å². The van der Waals surface area contributed by atoms with Crippen LogP contribution >= 0.6 is 0 Å². The van der Waals surface area contributed by atoms with Gasteiger partial charge >= 0.3 is 8.72 Å². The maximum atomic E-state index is 5.13. The highest BCUT2D eigenvalue weighted by Crippen LogP contribution is 1.96. The fraction of sp³-hybridized carbons (Fsp3) is 1.00. The summed E-state index contributed by atoms with van der Waals surface area (Å²) in [7, 11) is 1.38. The fourth-order valence-corrected chi connectivity index (χ4v) is 1.65. The van der Waals surface area contributed by atoms with Crippen LogP contribution in [0.5, 0.6) is 0 Å². The predicted octanol–water partition coefficient (Wildman–Crippen LogP) is 0.457. The van der Waals surface area contributed by atoms with Crippen LogP contribution in [-0.2, 0) is 8.85 Å². The quantitative estimate of drug-likeness (QED) is 0.589. The summed E-state index contributed by atoms with van der Waals surface area (Å²) in [4.78, 5) is 3.15. The van der Waals surface area contributed by atoms with Crippen molar-refractivity contribution in [3.05, 3.63) is 0 Å². The zero-order valence-corrected chi connectivity index (χ0v) is 7.52. The number of rotatable bonds is 4. The molecule has 1 N–H and O–H groups in total. The number of hydrogen-bond acceptors (Lipinski definition) is 3. The standard InChI is InChI=1S/C5H15NO2Si/c1-5-6-9(4,7-2)8-3/h6H,5H2,1-4H3. The summed E-state index contributed by atoms with van der Waals surface area (Å²) >= 11 is 0. The highest BCUT2D eigenvalue weighted by Gasteiger charge is 2.27. The van der Waals surface area contributed by atoms with Gasteiger partial charge in [0.1, 0.15) is 0 Å².